The maximum Gasteiger partial charge on any atom is 0.236 e. The highest BCUT2D eigenvalue weighted by Gasteiger charge is 2.61. The zero-order valence-corrected chi connectivity index (χ0v) is 17.7. The van der Waals surface area contributed by atoms with Gasteiger partial charge in [-0.05, 0) is 30.4 Å². The predicted molar refractivity (Wildman–Crippen MR) is 112 cm³/mol. The molecule has 144 valence electrons. The SMILES string of the molecule is CC1(C)[C@H]2CC[C@]1(C)c1nc(SCC(=O)Nc3nc4ccccc4s3)nnc12. The van der Waals surface area contributed by atoms with Gasteiger partial charge in [0.05, 0.1) is 27.4 Å². The van der Waals surface area contributed by atoms with Crippen LogP contribution in [0.1, 0.15) is 50.9 Å². The van der Waals surface area contributed by atoms with Crippen LogP contribution in [0, 0.1) is 5.41 Å². The van der Waals surface area contributed by atoms with Crippen LogP contribution in [0.3, 0.4) is 0 Å². The Balaban J connectivity index is 1.28. The molecule has 28 heavy (non-hydrogen) atoms. The fourth-order valence-corrected chi connectivity index (χ4v) is 6.10. The number of carbonyl (C=O) groups excluding carboxylic acids is 1. The van der Waals surface area contributed by atoms with E-state index >= 15 is 0 Å². The highest BCUT2D eigenvalue weighted by Crippen LogP contribution is 2.66. The Kier molecular flexibility index (Phi) is 4.00. The van der Waals surface area contributed by atoms with Crippen molar-refractivity contribution in [1.29, 1.82) is 0 Å². The van der Waals surface area contributed by atoms with E-state index in [1.165, 1.54) is 23.1 Å². The number of benzene rings is 1. The van der Waals surface area contributed by atoms with Gasteiger partial charge in [-0.2, -0.15) is 5.10 Å². The number of hydrogen-bond acceptors (Lipinski definition) is 7. The Morgan fingerprint density at radius 1 is 1.25 bits per heavy atom. The molecule has 0 spiro atoms. The van der Waals surface area contributed by atoms with Gasteiger partial charge in [0.15, 0.2) is 5.13 Å². The molecule has 1 fully saturated rings. The van der Waals surface area contributed by atoms with E-state index in [-0.39, 0.29) is 22.5 Å². The Morgan fingerprint density at radius 3 is 2.89 bits per heavy atom. The first kappa shape index (κ1) is 18.0. The number of aromatic nitrogens is 4. The van der Waals surface area contributed by atoms with Crippen molar-refractivity contribution >= 4 is 44.4 Å². The second-order valence-electron chi connectivity index (χ2n) is 8.30. The third-order valence-electron chi connectivity index (χ3n) is 6.64. The van der Waals surface area contributed by atoms with Crippen LogP contribution in [0.4, 0.5) is 5.13 Å². The molecule has 2 heterocycles. The lowest BCUT2D eigenvalue weighted by atomic mass is 9.70. The van der Waals surface area contributed by atoms with Crippen molar-refractivity contribution in [2.45, 2.75) is 50.1 Å². The van der Waals surface area contributed by atoms with Crippen LogP contribution in [-0.4, -0.2) is 31.8 Å². The van der Waals surface area contributed by atoms with Gasteiger partial charge in [-0.15, -0.1) is 5.10 Å². The summed E-state index contributed by atoms with van der Waals surface area (Å²) in [5.41, 5.74) is 3.24. The summed E-state index contributed by atoms with van der Waals surface area (Å²) in [4.78, 5) is 21.6. The molecule has 1 aromatic carbocycles. The molecule has 5 rings (SSSR count). The van der Waals surface area contributed by atoms with Crippen LogP contribution in [0.25, 0.3) is 10.2 Å². The summed E-state index contributed by atoms with van der Waals surface area (Å²) in [7, 11) is 0. The van der Waals surface area contributed by atoms with Crippen molar-refractivity contribution in [3.8, 4) is 0 Å². The lowest BCUT2D eigenvalue weighted by Crippen LogP contribution is -2.32. The van der Waals surface area contributed by atoms with E-state index in [0.717, 1.165) is 34.4 Å². The molecule has 1 amide bonds. The molecular weight excluding hydrogens is 390 g/mol. The number of thioether (sulfide) groups is 1. The Morgan fingerprint density at radius 2 is 2.07 bits per heavy atom. The van der Waals surface area contributed by atoms with Crippen molar-refractivity contribution in [3.05, 3.63) is 35.7 Å². The molecule has 3 aromatic rings. The Hall–Kier alpha value is -2.06. The Labute approximate surface area is 171 Å². The minimum atomic E-state index is -0.110. The molecule has 0 saturated heterocycles. The zero-order valence-electron chi connectivity index (χ0n) is 16.0. The maximum absolute atomic E-state index is 12.3. The first-order chi connectivity index (χ1) is 13.4. The number of amides is 1. The molecular formula is C20H21N5OS2. The molecule has 8 heteroatoms. The fourth-order valence-electron chi connectivity index (χ4n) is 4.63. The van der Waals surface area contributed by atoms with E-state index in [0.29, 0.717) is 16.2 Å². The summed E-state index contributed by atoms with van der Waals surface area (Å²) in [6.45, 7) is 6.92. The highest BCUT2D eigenvalue weighted by atomic mass is 32.2. The largest absolute Gasteiger partial charge is 0.301 e. The molecule has 2 aliphatic rings. The standard InChI is InChI=1S/C20H21N5OS2/c1-19(2)11-8-9-20(19,3)16-15(11)24-25-18(23-16)27-10-14(26)22-17-21-12-6-4-5-7-13(12)28-17/h4-7,11H,8-10H2,1-3H3,(H,21,22,26)/t11-,20+/m0/s1. The van der Waals surface area contributed by atoms with Crippen LogP contribution in [0.15, 0.2) is 29.4 Å². The fraction of sp³-hybridized carbons (Fsp3) is 0.450. The molecule has 0 radical (unpaired) electrons. The summed E-state index contributed by atoms with van der Waals surface area (Å²) in [5.74, 6) is 0.565. The molecule has 0 unspecified atom stereocenters. The molecule has 1 saturated carbocycles. The first-order valence-corrected chi connectivity index (χ1v) is 11.2. The minimum Gasteiger partial charge on any atom is -0.301 e. The van der Waals surface area contributed by atoms with Crippen molar-refractivity contribution < 1.29 is 4.79 Å². The van der Waals surface area contributed by atoms with E-state index in [1.54, 1.807) is 0 Å². The third kappa shape index (κ3) is 2.58. The summed E-state index contributed by atoms with van der Waals surface area (Å²) in [5, 5.41) is 12.8. The molecule has 2 bridgehead atoms. The topological polar surface area (TPSA) is 80.7 Å². The van der Waals surface area contributed by atoms with Crippen molar-refractivity contribution in [2.75, 3.05) is 11.1 Å². The minimum absolute atomic E-state index is 0.0432. The monoisotopic (exact) mass is 411 g/mol. The number of para-hydroxylation sites is 1. The molecule has 2 aromatic heterocycles. The van der Waals surface area contributed by atoms with Gasteiger partial charge in [-0.1, -0.05) is 56.0 Å². The van der Waals surface area contributed by atoms with E-state index in [4.69, 9.17) is 4.98 Å². The number of nitrogens with one attached hydrogen (secondary N) is 1. The van der Waals surface area contributed by atoms with Crippen LogP contribution in [0.2, 0.25) is 0 Å². The smallest absolute Gasteiger partial charge is 0.236 e. The van der Waals surface area contributed by atoms with Gasteiger partial charge in [0, 0.05) is 11.3 Å². The quantitative estimate of drug-likeness (QED) is 0.642. The zero-order chi connectivity index (χ0) is 19.5. The summed E-state index contributed by atoms with van der Waals surface area (Å²) in [6, 6.07) is 7.85. The average molecular weight is 412 g/mol. The number of carbonyl (C=O) groups is 1. The number of thiazole rings is 1. The van der Waals surface area contributed by atoms with Crippen LogP contribution < -0.4 is 5.32 Å². The van der Waals surface area contributed by atoms with E-state index in [1.807, 2.05) is 24.3 Å². The number of nitrogens with zero attached hydrogens (tertiary/aromatic N) is 4. The number of fused-ring (bicyclic) bond motifs is 6. The van der Waals surface area contributed by atoms with Crippen molar-refractivity contribution in [1.82, 2.24) is 20.2 Å². The number of anilines is 1. The van der Waals surface area contributed by atoms with Crippen LogP contribution in [0.5, 0.6) is 0 Å². The van der Waals surface area contributed by atoms with Gasteiger partial charge < -0.3 is 5.32 Å². The van der Waals surface area contributed by atoms with Gasteiger partial charge in [0.1, 0.15) is 0 Å². The Bertz CT molecular complexity index is 1060. The molecule has 6 nitrogen and oxygen atoms in total. The normalized spacial score (nSPS) is 24.5. The summed E-state index contributed by atoms with van der Waals surface area (Å²) in [6.07, 6.45) is 2.29. The van der Waals surface area contributed by atoms with Gasteiger partial charge >= 0.3 is 0 Å². The average Bonchev–Trinajstić information content (AvgIpc) is 3.23. The molecule has 2 atom stereocenters. The number of hydrogen-bond donors (Lipinski definition) is 1. The van der Waals surface area contributed by atoms with Gasteiger partial charge in [0.25, 0.3) is 0 Å². The van der Waals surface area contributed by atoms with Crippen LogP contribution in [-0.2, 0) is 10.2 Å². The highest BCUT2D eigenvalue weighted by molar-refractivity contribution is 7.99. The van der Waals surface area contributed by atoms with Crippen molar-refractivity contribution in [3.63, 3.8) is 0 Å². The predicted octanol–water partition coefficient (Wildman–Crippen LogP) is 4.39. The summed E-state index contributed by atoms with van der Waals surface area (Å²) < 4.78 is 1.06. The van der Waals surface area contributed by atoms with Gasteiger partial charge in [-0.3, -0.25) is 4.79 Å². The van der Waals surface area contributed by atoms with E-state index < -0.39 is 0 Å². The first-order valence-electron chi connectivity index (χ1n) is 9.42. The lowest BCUT2D eigenvalue weighted by molar-refractivity contribution is -0.113. The third-order valence-corrected chi connectivity index (χ3v) is 8.43. The van der Waals surface area contributed by atoms with E-state index in [2.05, 4.69) is 41.3 Å². The van der Waals surface area contributed by atoms with E-state index in [9.17, 15) is 4.79 Å². The van der Waals surface area contributed by atoms with Crippen LogP contribution >= 0.6 is 23.1 Å². The lowest BCUT2D eigenvalue weighted by Gasteiger charge is -2.33. The maximum atomic E-state index is 12.3. The molecule has 0 aliphatic heterocycles. The summed E-state index contributed by atoms with van der Waals surface area (Å²) >= 11 is 2.80. The molecule has 2 aliphatic carbocycles. The second kappa shape index (κ2) is 6.22. The van der Waals surface area contributed by atoms with Gasteiger partial charge in [-0.25, -0.2) is 9.97 Å². The number of rotatable bonds is 4. The second-order valence-corrected chi connectivity index (χ2v) is 10.3. The van der Waals surface area contributed by atoms with Crippen molar-refractivity contribution in [2.24, 2.45) is 5.41 Å². The molecule has 1 N–H and O–H groups in total. The van der Waals surface area contributed by atoms with Gasteiger partial charge in [0.2, 0.25) is 11.1 Å².